The minimum absolute atomic E-state index is 0.795. The van der Waals surface area contributed by atoms with Crippen molar-refractivity contribution in [2.75, 3.05) is 0 Å². The molecule has 1 aliphatic rings. The Morgan fingerprint density at radius 2 is 2.06 bits per heavy atom. The van der Waals surface area contributed by atoms with Crippen molar-refractivity contribution in [2.45, 2.75) is 38.6 Å². The van der Waals surface area contributed by atoms with Crippen LogP contribution in [0, 0.1) is 10.7 Å². The van der Waals surface area contributed by atoms with Gasteiger partial charge in [0.15, 0.2) is 4.77 Å². The van der Waals surface area contributed by atoms with E-state index in [4.69, 9.17) is 12.2 Å². The predicted octanol–water partition coefficient (Wildman–Crippen LogP) is 5.04. The van der Waals surface area contributed by atoms with E-state index >= 15 is 0 Å². The van der Waals surface area contributed by atoms with Gasteiger partial charge in [-0.15, -0.1) is 0 Å². The molecule has 1 N–H and O–H groups in total. The van der Waals surface area contributed by atoms with Crippen LogP contribution < -0.4 is 0 Å². The second kappa shape index (κ2) is 5.17. The predicted molar refractivity (Wildman–Crippen MR) is 81.4 cm³/mol. The minimum atomic E-state index is 0.795. The highest BCUT2D eigenvalue weighted by Crippen LogP contribution is 2.27. The van der Waals surface area contributed by atoms with E-state index in [1.807, 2.05) is 0 Å². The number of aromatic amines is 1. The summed E-state index contributed by atoms with van der Waals surface area (Å²) in [6, 6.07) is 6.30. The Hall–Kier alpha value is -0.610. The van der Waals surface area contributed by atoms with Crippen LogP contribution in [0.25, 0.3) is 11.0 Å². The molecular weight excluding hydrogens is 308 g/mol. The van der Waals surface area contributed by atoms with Gasteiger partial charge in [-0.3, -0.25) is 0 Å². The van der Waals surface area contributed by atoms with Crippen LogP contribution in [0.2, 0.25) is 0 Å². The average Bonchev–Trinajstić information content (AvgIpc) is 2.67. The molecule has 1 aromatic carbocycles. The smallest absolute Gasteiger partial charge is 0.178 e. The van der Waals surface area contributed by atoms with Gasteiger partial charge in [-0.25, -0.2) is 0 Å². The molecule has 1 saturated carbocycles. The van der Waals surface area contributed by atoms with Gasteiger partial charge < -0.3 is 9.55 Å². The Bertz CT molecular complexity index is 608. The van der Waals surface area contributed by atoms with Crippen molar-refractivity contribution in [1.29, 1.82) is 0 Å². The molecule has 18 heavy (non-hydrogen) atoms. The molecule has 1 aliphatic carbocycles. The van der Waals surface area contributed by atoms with E-state index in [1.165, 1.54) is 37.6 Å². The number of H-pyrrole nitrogens is 1. The van der Waals surface area contributed by atoms with E-state index in [2.05, 4.69) is 43.7 Å². The van der Waals surface area contributed by atoms with E-state index < -0.39 is 0 Å². The van der Waals surface area contributed by atoms with Gasteiger partial charge in [0, 0.05) is 11.0 Å². The summed E-state index contributed by atoms with van der Waals surface area (Å²) in [4.78, 5) is 3.30. The summed E-state index contributed by atoms with van der Waals surface area (Å²) in [6.07, 6.45) is 6.86. The third-order valence-electron chi connectivity index (χ3n) is 3.90. The van der Waals surface area contributed by atoms with Gasteiger partial charge in [-0.1, -0.05) is 35.2 Å². The zero-order valence-electron chi connectivity index (χ0n) is 10.3. The van der Waals surface area contributed by atoms with E-state index in [-0.39, 0.29) is 0 Å². The lowest BCUT2D eigenvalue weighted by Gasteiger charge is -2.22. The van der Waals surface area contributed by atoms with Crippen molar-refractivity contribution in [3.63, 3.8) is 0 Å². The summed E-state index contributed by atoms with van der Waals surface area (Å²) in [7, 11) is 0. The summed E-state index contributed by atoms with van der Waals surface area (Å²) < 4.78 is 4.24. The number of aromatic nitrogens is 2. The number of fused-ring (bicyclic) bond motifs is 1. The fraction of sp³-hybridized carbons (Fsp3) is 0.500. The summed E-state index contributed by atoms with van der Waals surface area (Å²) in [5.41, 5.74) is 2.36. The molecule has 0 bridgehead atoms. The van der Waals surface area contributed by atoms with Crippen LogP contribution in [0.3, 0.4) is 0 Å². The number of nitrogens with zero attached hydrogens (tertiary/aromatic N) is 1. The molecule has 0 unspecified atom stereocenters. The third-order valence-corrected chi connectivity index (χ3v) is 4.72. The first-order valence-electron chi connectivity index (χ1n) is 6.62. The maximum Gasteiger partial charge on any atom is 0.178 e. The standard InChI is InChI=1S/C14H17BrN2S/c15-11-6-7-12-13(8-11)17(14(18)16-12)9-10-4-2-1-3-5-10/h6-8,10H,1-5,9H2,(H,16,18). The normalized spacial score (nSPS) is 17.4. The lowest BCUT2D eigenvalue weighted by molar-refractivity contribution is 0.321. The maximum absolute atomic E-state index is 5.46. The molecule has 0 atom stereocenters. The van der Waals surface area contributed by atoms with Crippen LogP contribution in [0.4, 0.5) is 0 Å². The Balaban J connectivity index is 1.97. The van der Waals surface area contributed by atoms with Crippen LogP contribution in [0.5, 0.6) is 0 Å². The molecule has 3 rings (SSSR count). The molecule has 2 aromatic rings. The number of benzene rings is 1. The van der Waals surface area contributed by atoms with Crippen LogP contribution in [0.15, 0.2) is 22.7 Å². The van der Waals surface area contributed by atoms with Crippen molar-refractivity contribution in [3.8, 4) is 0 Å². The van der Waals surface area contributed by atoms with Crippen molar-refractivity contribution in [2.24, 2.45) is 5.92 Å². The average molecular weight is 325 g/mol. The Labute approximate surface area is 121 Å². The number of nitrogens with one attached hydrogen (secondary N) is 1. The topological polar surface area (TPSA) is 20.7 Å². The highest BCUT2D eigenvalue weighted by atomic mass is 79.9. The van der Waals surface area contributed by atoms with E-state index in [0.29, 0.717) is 0 Å². The fourth-order valence-electron chi connectivity index (χ4n) is 2.94. The fourth-order valence-corrected chi connectivity index (χ4v) is 3.57. The summed E-state index contributed by atoms with van der Waals surface area (Å²) >= 11 is 9.00. The van der Waals surface area contributed by atoms with Crippen molar-refractivity contribution >= 4 is 39.2 Å². The maximum atomic E-state index is 5.46. The summed E-state index contributed by atoms with van der Waals surface area (Å²) in [6.45, 7) is 1.06. The van der Waals surface area contributed by atoms with E-state index in [0.717, 1.165) is 27.2 Å². The Morgan fingerprint density at radius 1 is 1.28 bits per heavy atom. The number of hydrogen-bond acceptors (Lipinski definition) is 1. The largest absolute Gasteiger partial charge is 0.331 e. The second-order valence-electron chi connectivity index (χ2n) is 5.21. The number of imidazole rings is 1. The lowest BCUT2D eigenvalue weighted by Crippen LogP contribution is -2.14. The van der Waals surface area contributed by atoms with Gasteiger partial charge in [-0.05, 0) is 49.2 Å². The molecule has 2 nitrogen and oxygen atoms in total. The molecule has 1 aromatic heterocycles. The van der Waals surface area contributed by atoms with Gasteiger partial charge in [0.1, 0.15) is 0 Å². The van der Waals surface area contributed by atoms with E-state index in [1.54, 1.807) is 0 Å². The van der Waals surface area contributed by atoms with Gasteiger partial charge in [0.25, 0.3) is 0 Å². The number of halogens is 1. The molecule has 4 heteroatoms. The Morgan fingerprint density at radius 3 is 2.83 bits per heavy atom. The van der Waals surface area contributed by atoms with Crippen LogP contribution in [-0.2, 0) is 6.54 Å². The molecule has 0 amide bonds. The van der Waals surface area contributed by atoms with Gasteiger partial charge in [-0.2, -0.15) is 0 Å². The first-order chi connectivity index (χ1) is 8.74. The molecule has 1 heterocycles. The number of hydrogen-bond donors (Lipinski definition) is 1. The summed E-state index contributed by atoms with van der Waals surface area (Å²) in [5.74, 6) is 0.795. The lowest BCUT2D eigenvalue weighted by atomic mass is 9.89. The highest BCUT2D eigenvalue weighted by molar-refractivity contribution is 9.10. The third kappa shape index (κ3) is 2.41. The van der Waals surface area contributed by atoms with Crippen molar-refractivity contribution in [1.82, 2.24) is 9.55 Å². The minimum Gasteiger partial charge on any atom is -0.331 e. The molecule has 0 aliphatic heterocycles. The van der Waals surface area contributed by atoms with E-state index in [9.17, 15) is 0 Å². The molecular formula is C14H17BrN2S. The first-order valence-corrected chi connectivity index (χ1v) is 7.82. The Kier molecular flexibility index (Phi) is 3.57. The highest BCUT2D eigenvalue weighted by Gasteiger charge is 2.15. The van der Waals surface area contributed by atoms with Gasteiger partial charge in [0.05, 0.1) is 11.0 Å². The summed E-state index contributed by atoms with van der Waals surface area (Å²) in [5, 5.41) is 0. The van der Waals surface area contributed by atoms with Gasteiger partial charge in [0.2, 0.25) is 0 Å². The first kappa shape index (κ1) is 12.4. The van der Waals surface area contributed by atoms with Crippen LogP contribution in [-0.4, -0.2) is 9.55 Å². The SMILES string of the molecule is S=c1[nH]c2ccc(Br)cc2n1CC1CCCCC1. The van der Waals surface area contributed by atoms with Crippen LogP contribution in [0.1, 0.15) is 32.1 Å². The monoisotopic (exact) mass is 324 g/mol. The molecule has 0 radical (unpaired) electrons. The van der Waals surface area contributed by atoms with Crippen molar-refractivity contribution < 1.29 is 0 Å². The van der Waals surface area contributed by atoms with Crippen LogP contribution >= 0.6 is 28.1 Å². The second-order valence-corrected chi connectivity index (χ2v) is 6.51. The van der Waals surface area contributed by atoms with Crippen molar-refractivity contribution in [3.05, 3.63) is 27.4 Å². The molecule has 1 fully saturated rings. The quantitative estimate of drug-likeness (QED) is 0.767. The zero-order chi connectivity index (χ0) is 12.5. The number of rotatable bonds is 2. The molecule has 0 saturated heterocycles. The molecule has 0 spiro atoms. The van der Waals surface area contributed by atoms with Gasteiger partial charge >= 0.3 is 0 Å². The zero-order valence-corrected chi connectivity index (χ0v) is 12.7. The molecule has 96 valence electrons.